The number of fused-ring (bicyclic) bond motifs is 1. The van der Waals surface area contributed by atoms with Gasteiger partial charge in [-0.1, -0.05) is 25.0 Å². The molecular formula is C21H24N6. The van der Waals surface area contributed by atoms with E-state index in [0.717, 1.165) is 41.9 Å². The van der Waals surface area contributed by atoms with Gasteiger partial charge in [-0.15, -0.1) is 0 Å². The fourth-order valence-corrected chi connectivity index (χ4v) is 3.96. The van der Waals surface area contributed by atoms with Gasteiger partial charge in [-0.05, 0) is 44.9 Å². The molecule has 1 saturated carbocycles. The summed E-state index contributed by atoms with van der Waals surface area (Å²) in [5, 5.41) is 13.4. The summed E-state index contributed by atoms with van der Waals surface area (Å²) in [6.07, 6.45) is 4.80. The summed E-state index contributed by atoms with van der Waals surface area (Å²) in [4.78, 5) is 14.0. The van der Waals surface area contributed by atoms with Crippen LogP contribution in [0.4, 0.5) is 5.95 Å². The first kappa shape index (κ1) is 17.5. The number of rotatable bonds is 5. The van der Waals surface area contributed by atoms with Crippen molar-refractivity contribution in [1.29, 1.82) is 5.26 Å². The van der Waals surface area contributed by atoms with E-state index in [2.05, 4.69) is 27.9 Å². The number of hydrogen-bond donors (Lipinski definition) is 1. The standard InChI is InChI=1S/C21H24N6/c1-3-27-19-11-7-6-10-17(19)25-20(27)16(13-22)18-12-14(2)23-21(26-18)24-15-8-4-5-9-15/h6-7,10-12,15-16H,3-5,8-9H2,1-2H3,(H,23,24,26). The van der Waals surface area contributed by atoms with Crippen molar-refractivity contribution in [2.24, 2.45) is 0 Å². The Hall–Kier alpha value is -2.94. The van der Waals surface area contributed by atoms with Gasteiger partial charge in [-0.25, -0.2) is 15.0 Å². The van der Waals surface area contributed by atoms with Gasteiger partial charge < -0.3 is 9.88 Å². The van der Waals surface area contributed by atoms with Gasteiger partial charge in [-0.3, -0.25) is 0 Å². The molecule has 1 atom stereocenters. The number of benzene rings is 1. The summed E-state index contributed by atoms with van der Waals surface area (Å²) >= 11 is 0. The van der Waals surface area contributed by atoms with Crippen LogP contribution in [0.1, 0.15) is 55.7 Å². The molecule has 2 heterocycles. The minimum atomic E-state index is -0.525. The maximum atomic E-state index is 9.96. The van der Waals surface area contributed by atoms with Crippen molar-refractivity contribution in [2.45, 2.75) is 58.0 Å². The molecule has 6 nitrogen and oxygen atoms in total. The van der Waals surface area contributed by atoms with Crippen LogP contribution in [0.3, 0.4) is 0 Å². The van der Waals surface area contributed by atoms with Crippen LogP contribution in [0.2, 0.25) is 0 Å². The Balaban J connectivity index is 1.75. The van der Waals surface area contributed by atoms with E-state index in [1.807, 2.05) is 37.3 Å². The first-order valence-corrected chi connectivity index (χ1v) is 9.66. The van der Waals surface area contributed by atoms with Gasteiger partial charge in [0.25, 0.3) is 0 Å². The van der Waals surface area contributed by atoms with Crippen LogP contribution < -0.4 is 5.32 Å². The second kappa shape index (κ2) is 7.36. The Morgan fingerprint density at radius 3 is 2.74 bits per heavy atom. The van der Waals surface area contributed by atoms with E-state index in [4.69, 9.17) is 9.97 Å². The first-order chi connectivity index (χ1) is 13.2. The lowest BCUT2D eigenvalue weighted by molar-refractivity contribution is 0.700. The average molecular weight is 360 g/mol. The molecule has 0 amide bonds. The normalized spacial score (nSPS) is 15.7. The van der Waals surface area contributed by atoms with E-state index in [0.29, 0.717) is 17.7 Å². The van der Waals surface area contributed by atoms with Crippen molar-refractivity contribution < 1.29 is 0 Å². The quantitative estimate of drug-likeness (QED) is 0.739. The summed E-state index contributed by atoms with van der Waals surface area (Å²) in [6, 6.07) is 12.7. The Morgan fingerprint density at radius 2 is 2.00 bits per heavy atom. The van der Waals surface area contributed by atoms with Crippen molar-refractivity contribution in [2.75, 3.05) is 5.32 Å². The predicted molar refractivity (Wildman–Crippen MR) is 106 cm³/mol. The predicted octanol–water partition coefficient (Wildman–Crippen LogP) is 4.16. The second-order valence-electron chi connectivity index (χ2n) is 7.15. The number of para-hydroxylation sites is 2. The molecule has 138 valence electrons. The molecule has 0 bridgehead atoms. The largest absolute Gasteiger partial charge is 0.351 e. The van der Waals surface area contributed by atoms with Crippen LogP contribution in [-0.4, -0.2) is 25.6 Å². The average Bonchev–Trinajstić information content (AvgIpc) is 3.29. The lowest BCUT2D eigenvalue weighted by atomic mass is 10.1. The van der Waals surface area contributed by atoms with Crippen molar-refractivity contribution in [1.82, 2.24) is 19.5 Å². The molecule has 0 spiro atoms. The van der Waals surface area contributed by atoms with Gasteiger partial charge in [0.15, 0.2) is 0 Å². The minimum absolute atomic E-state index is 0.431. The third kappa shape index (κ3) is 3.37. The van der Waals surface area contributed by atoms with Crippen molar-refractivity contribution in [3.05, 3.63) is 47.5 Å². The Morgan fingerprint density at radius 1 is 1.22 bits per heavy atom. The number of nitriles is 1. The van der Waals surface area contributed by atoms with Crippen LogP contribution >= 0.6 is 0 Å². The molecule has 27 heavy (non-hydrogen) atoms. The van der Waals surface area contributed by atoms with Gasteiger partial charge in [-0.2, -0.15) is 5.26 Å². The van der Waals surface area contributed by atoms with E-state index in [9.17, 15) is 5.26 Å². The van der Waals surface area contributed by atoms with Gasteiger partial charge >= 0.3 is 0 Å². The van der Waals surface area contributed by atoms with E-state index in [1.54, 1.807) is 0 Å². The van der Waals surface area contributed by atoms with Crippen LogP contribution in [-0.2, 0) is 6.54 Å². The Bertz CT molecular complexity index is 994. The number of hydrogen-bond acceptors (Lipinski definition) is 5. The second-order valence-corrected chi connectivity index (χ2v) is 7.15. The van der Waals surface area contributed by atoms with Crippen LogP contribution in [0, 0.1) is 18.3 Å². The van der Waals surface area contributed by atoms with E-state index >= 15 is 0 Å². The SMILES string of the molecule is CCn1c(C(C#N)c2cc(C)nc(NC3CCCC3)n2)nc2ccccc21. The molecule has 3 aromatic rings. The van der Waals surface area contributed by atoms with Crippen LogP contribution in [0.15, 0.2) is 30.3 Å². The highest BCUT2D eigenvalue weighted by molar-refractivity contribution is 5.76. The van der Waals surface area contributed by atoms with Gasteiger partial charge in [0, 0.05) is 18.3 Å². The van der Waals surface area contributed by atoms with E-state index in [-0.39, 0.29) is 0 Å². The molecule has 4 rings (SSSR count). The lowest BCUT2D eigenvalue weighted by Crippen LogP contribution is -2.18. The highest BCUT2D eigenvalue weighted by atomic mass is 15.1. The zero-order chi connectivity index (χ0) is 18.8. The minimum Gasteiger partial charge on any atom is -0.351 e. The fraction of sp³-hybridized carbons (Fsp3) is 0.429. The Kier molecular flexibility index (Phi) is 4.76. The topological polar surface area (TPSA) is 79.4 Å². The summed E-state index contributed by atoms with van der Waals surface area (Å²) < 4.78 is 2.10. The highest BCUT2D eigenvalue weighted by Crippen LogP contribution is 2.28. The maximum absolute atomic E-state index is 9.96. The fourth-order valence-electron chi connectivity index (χ4n) is 3.96. The molecule has 6 heteroatoms. The molecule has 1 aliphatic rings. The number of anilines is 1. The third-order valence-corrected chi connectivity index (χ3v) is 5.25. The number of imidazole rings is 1. The van der Waals surface area contributed by atoms with Crippen molar-refractivity contribution in [3.8, 4) is 6.07 Å². The number of aryl methyl sites for hydroxylation is 2. The molecule has 1 aromatic carbocycles. The van der Waals surface area contributed by atoms with Gasteiger partial charge in [0.2, 0.25) is 5.95 Å². The van der Waals surface area contributed by atoms with Gasteiger partial charge in [0.05, 0.1) is 22.8 Å². The summed E-state index contributed by atoms with van der Waals surface area (Å²) in [6.45, 7) is 4.78. The molecule has 0 aliphatic heterocycles. The molecule has 1 aliphatic carbocycles. The third-order valence-electron chi connectivity index (χ3n) is 5.25. The number of nitrogens with zero attached hydrogens (tertiary/aromatic N) is 5. The van der Waals surface area contributed by atoms with Gasteiger partial charge in [0.1, 0.15) is 11.7 Å². The van der Waals surface area contributed by atoms with Crippen LogP contribution in [0.5, 0.6) is 0 Å². The highest BCUT2D eigenvalue weighted by Gasteiger charge is 2.24. The summed E-state index contributed by atoms with van der Waals surface area (Å²) in [5.74, 6) is 0.839. The molecule has 1 fully saturated rings. The van der Waals surface area contributed by atoms with Crippen molar-refractivity contribution >= 4 is 17.0 Å². The number of aromatic nitrogens is 4. The zero-order valence-corrected chi connectivity index (χ0v) is 15.8. The molecule has 0 radical (unpaired) electrons. The number of nitrogens with one attached hydrogen (secondary N) is 1. The molecule has 1 N–H and O–H groups in total. The maximum Gasteiger partial charge on any atom is 0.223 e. The monoisotopic (exact) mass is 360 g/mol. The van der Waals surface area contributed by atoms with Crippen LogP contribution in [0.25, 0.3) is 11.0 Å². The van der Waals surface area contributed by atoms with Crippen molar-refractivity contribution in [3.63, 3.8) is 0 Å². The molecular weight excluding hydrogens is 336 g/mol. The van der Waals surface area contributed by atoms with E-state index < -0.39 is 5.92 Å². The molecule has 2 aromatic heterocycles. The lowest BCUT2D eigenvalue weighted by Gasteiger charge is -2.15. The molecule has 0 saturated heterocycles. The summed E-state index contributed by atoms with van der Waals surface area (Å²) in [7, 11) is 0. The zero-order valence-electron chi connectivity index (χ0n) is 15.8. The first-order valence-electron chi connectivity index (χ1n) is 9.66. The molecule has 1 unspecified atom stereocenters. The smallest absolute Gasteiger partial charge is 0.223 e. The summed E-state index contributed by atoms with van der Waals surface area (Å²) in [5.41, 5.74) is 3.52. The Labute approximate surface area is 159 Å². The van der Waals surface area contributed by atoms with E-state index in [1.165, 1.54) is 12.8 Å².